The highest BCUT2D eigenvalue weighted by atomic mass is 16.6. The average Bonchev–Trinajstić information content (AvgIpc) is 3.24. The van der Waals surface area contributed by atoms with Gasteiger partial charge in [-0.05, 0) is 108 Å². The van der Waals surface area contributed by atoms with Gasteiger partial charge in [0.25, 0.3) is 11.7 Å². The van der Waals surface area contributed by atoms with Crippen molar-refractivity contribution in [1.82, 2.24) is 4.90 Å². The number of cyclic esters (lactones) is 1. The molecule has 2 N–H and O–H groups in total. The highest BCUT2D eigenvalue weighted by molar-refractivity contribution is 6.39. The maximum Gasteiger partial charge on any atom is 0.329 e. The monoisotopic (exact) mass is 854 g/mol. The van der Waals surface area contributed by atoms with Crippen LogP contribution in [0, 0.1) is 29.6 Å². The number of aliphatic hydroxyl groups is 2. The molecule has 12 nitrogen and oxygen atoms in total. The number of allylic oxidation sites excluding steroid dienone is 7. The van der Waals surface area contributed by atoms with Gasteiger partial charge in [-0.3, -0.25) is 19.2 Å². The lowest BCUT2D eigenvalue weighted by Crippen LogP contribution is -2.60. The van der Waals surface area contributed by atoms with Crippen LogP contribution in [-0.4, -0.2) is 107 Å². The predicted octanol–water partition coefficient (Wildman–Crippen LogP) is 7.34. The van der Waals surface area contributed by atoms with Gasteiger partial charge in [-0.1, -0.05) is 82.6 Å². The van der Waals surface area contributed by atoms with Crippen LogP contribution in [0.3, 0.4) is 0 Å². The van der Waals surface area contributed by atoms with Gasteiger partial charge in [0.1, 0.15) is 30.1 Å². The number of piperidine rings is 1. The average molecular weight is 854 g/mol. The first-order valence-electron chi connectivity index (χ1n) is 22.9. The Kier molecular flexibility index (Phi) is 19.8. The second-order valence-electron chi connectivity index (χ2n) is 18.7. The van der Waals surface area contributed by atoms with E-state index >= 15 is 0 Å². The van der Waals surface area contributed by atoms with E-state index in [-0.39, 0.29) is 55.3 Å². The molecular formula is C49H75NO11. The molecule has 3 fully saturated rings. The summed E-state index contributed by atoms with van der Waals surface area (Å²) in [5, 5.41) is 23.1. The molecule has 4 rings (SSSR count). The van der Waals surface area contributed by atoms with Crippen molar-refractivity contribution in [1.29, 1.82) is 0 Å². The summed E-state index contributed by atoms with van der Waals surface area (Å²) in [6, 6.07) is -1.07. The molecule has 61 heavy (non-hydrogen) atoms. The van der Waals surface area contributed by atoms with E-state index in [9.17, 15) is 34.2 Å². The Bertz CT molecular complexity index is 1630. The summed E-state index contributed by atoms with van der Waals surface area (Å²) in [5.74, 6) is -6.40. The quantitative estimate of drug-likeness (QED) is 0.162. The molecule has 3 heterocycles. The molecule has 342 valence electrons. The van der Waals surface area contributed by atoms with E-state index in [1.54, 1.807) is 27.0 Å². The van der Waals surface area contributed by atoms with Crippen LogP contribution in [0.5, 0.6) is 0 Å². The first-order chi connectivity index (χ1) is 29.0. The van der Waals surface area contributed by atoms with Gasteiger partial charge in [-0.2, -0.15) is 0 Å². The van der Waals surface area contributed by atoms with Crippen molar-refractivity contribution in [2.45, 2.75) is 180 Å². The normalized spacial score (nSPS) is 38.6. The molecule has 2 bridgehead atoms. The number of carbonyl (C=O) groups excluding carboxylic acids is 5. The maximum atomic E-state index is 14.2. The molecule has 0 aromatic carbocycles. The molecule has 0 spiro atoms. The van der Waals surface area contributed by atoms with Crippen molar-refractivity contribution >= 4 is 29.2 Å². The minimum Gasteiger partial charge on any atom is -0.460 e. The molecule has 4 aliphatic rings. The zero-order chi connectivity index (χ0) is 44.9. The number of Topliss-reactive ketones (excluding diaryl/α,β-unsaturated/α-hetero) is 3. The van der Waals surface area contributed by atoms with Crippen LogP contribution in [0.15, 0.2) is 47.6 Å². The number of ketones is 3. The standard InChI is InChI=1S/C49H75NO11/c1-31-15-10-9-11-16-32(2)27-35(5)44(53)45(59-8)43(52)33(3)21-23-38(51)30-42(34(4)28-37-17-14-18-40(29-37)58-7)60-48(56)41-19-12-13-26-50(41)47(55)46(54)49(57)36(6)22-25-39(61-49)24-20-31/h9-11,15-16,21,32,34-37,39-43,45,52,57H,12-14,17-20,22-30H2,1-8H3/b10-9+,16-11+,31-15+,33-21+/t32-,34-,35-,36-,37?,39-,40+,41+,42+,43-,45-,49-/m1/s1. The fraction of sp³-hybridized carbons (Fsp3) is 0.735. The van der Waals surface area contributed by atoms with Gasteiger partial charge >= 0.3 is 5.97 Å². The van der Waals surface area contributed by atoms with Crippen LogP contribution in [0.25, 0.3) is 0 Å². The number of hydrogen-bond donors (Lipinski definition) is 2. The Morgan fingerprint density at radius 2 is 1.66 bits per heavy atom. The van der Waals surface area contributed by atoms with E-state index in [0.29, 0.717) is 62.9 Å². The molecule has 1 unspecified atom stereocenters. The largest absolute Gasteiger partial charge is 0.460 e. The summed E-state index contributed by atoms with van der Waals surface area (Å²) in [4.78, 5) is 70.9. The minimum absolute atomic E-state index is 0.0661. The Morgan fingerprint density at radius 3 is 2.38 bits per heavy atom. The third kappa shape index (κ3) is 14.1. The zero-order valence-electron chi connectivity index (χ0n) is 38.1. The predicted molar refractivity (Wildman–Crippen MR) is 233 cm³/mol. The lowest BCUT2D eigenvalue weighted by molar-refractivity contribution is -0.263. The topological polar surface area (TPSA) is 166 Å². The smallest absolute Gasteiger partial charge is 0.329 e. The van der Waals surface area contributed by atoms with E-state index in [4.69, 9.17) is 18.9 Å². The first kappa shape index (κ1) is 50.4. The van der Waals surface area contributed by atoms with Crippen LogP contribution < -0.4 is 0 Å². The molecule has 1 amide bonds. The molecule has 3 aliphatic heterocycles. The molecule has 12 heteroatoms. The molecule has 0 aromatic heterocycles. The molecule has 12 atom stereocenters. The van der Waals surface area contributed by atoms with Crippen molar-refractivity contribution in [2.24, 2.45) is 29.6 Å². The molecule has 0 radical (unpaired) electrons. The fourth-order valence-corrected chi connectivity index (χ4v) is 9.56. The molecule has 1 aliphatic carbocycles. The fourth-order valence-electron chi connectivity index (χ4n) is 9.56. The third-order valence-corrected chi connectivity index (χ3v) is 13.6. The van der Waals surface area contributed by atoms with Crippen LogP contribution in [0.2, 0.25) is 0 Å². The van der Waals surface area contributed by atoms with Crippen LogP contribution in [-0.2, 0) is 42.9 Å². The highest BCUT2D eigenvalue weighted by Gasteiger charge is 2.52. The van der Waals surface area contributed by atoms with E-state index in [2.05, 4.69) is 0 Å². The Hall–Kier alpha value is -3.29. The van der Waals surface area contributed by atoms with Gasteiger partial charge in [-0.25, -0.2) is 4.79 Å². The van der Waals surface area contributed by atoms with Crippen molar-refractivity contribution in [3.63, 3.8) is 0 Å². The van der Waals surface area contributed by atoms with E-state index in [1.807, 2.05) is 58.1 Å². The Labute approximate surface area is 364 Å². The second kappa shape index (κ2) is 24.0. The second-order valence-corrected chi connectivity index (χ2v) is 18.7. The summed E-state index contributed by atoms with van der Waals surface area (Å²) >= 11 is 0. The zero-order valence-corrected chi connectivity index (χ0v) is 38.1. The number of hydrogen-bond acceptors (Lipinski definition) is 11. The van der Waals surface area contributed by atoms with Gasteiger partial charge in [0.15, 0.2) is 5.78 Å². The number of amides is 1. The molecular weight excluding hydrogens is 779 g/mol. The van der Waals surface area contributed by atoms with Crippen molar-refractivity contribution in [3.8, 4) is 0 Å². The van der Waals surface area contributed by atoms with Gasteiger partial charge in [-0.15, -0.1) is 0 Å². The summed E-state index contributed by atoms with van der Waals surface area (Å²) in [6.45, 7) is 11.3. The molecule has 0 aromatic rings. The molecule has 2 saturated heterocycles. The summed E-state index contributed by atoms with van der Waals surface area (Å²) < 4.78 is 23.5. The van der Waals surface area contributed by atoms with Crippen LogP contribution >= 0.6 is 0 Å². The Balaban J connectivity index is 1.64. The third-order valence-electron chi connectivity index (χ3n) is 13.6. The van der Waals surface area contributed by atoms with Gasteiger partial charge in [0.2, 0.25) is 5.79 Å². The lowest BCUT2D eigenvalue weighted by Gasteiger charge is -2.42. The van der Waals surface area contributed by atoms with Gasteiger partial charge < -0.3 is 34.1 Å². The van der Waals surface area contributed by atoms with Crippen molar-refractivity contribution in [3.05, 3.63) is 47.6 Å². The lowest BCUT2D eigenvalue weighted by atomic mass is 9.79. The number of esters is 1. The Morgan fingerprint density at radius 1 is 0.902 bits per heavy atom. The van der Waals surface area contributed by atoms with Crippen LogP contribution in [0.4, 0.5) is 0 Å². The van der Waals surface area contributed by atoms with Gasteiger partial charge in [0.05, 0.1) is 12.2 Å². The number of rotatable bonds is 5. The van der Waals surface area contributed by atoms with Crippen molar-refractivity contribution < 1.29 is 53.1 Å². The molecule has 1 saturated carbocycles. The van der Waals surface area contributed by atoms with E-state index < -0.39 is 65.7 Å². The SMILES string of the molecule is CO[C@H]1CCCC(C[C@@H](C)[C@@H]2CC(=O)C/C=C(\C)[C@@H](O)[C@@H](OC)C(=O)[C@H](C)C[C@H](C)/C=C/C=C/C=C(\C)CC[C@@H]3CC[C@@H](C)[C@@](O)(O3)C(=O)C(=O)N3CCCC[C@H]3C(=O)O2)C1. The van der Waals surface area contributed by atoms with E-state index in [1.165, 1.54) is 12.0 Å². The number of methoxy groups -OCH3 is 2. The number of carbonyl (C=O) groups is 5. The summed E-state index contributed by atoms with van der Waals surface area (Å²) in [7, 11) is 3.11. The number of nitrogens with zero attached hydrogens (tertiary/aromatic N) is 1. The number of aliphatic hydroxyl groups excluding tert-OH is 1. The number of fused-ring (bicyclic) bond motifs is 3. The van der Waals surface area contributed by atoms with E-state index in [0.717, 1.165) is 31.3 Å². The number of ether oxygens (including phenoxy) is 4. The minimum atomic E-state index is -2.33. The summed E-state index contributed by atoms with van der Waals surface area (Å²) in [5.41, 5.74) is 1.50. The first-order valence-corrected chi connectivity index (χ1v) is 22.9. The van der Waals surface area contributed by atoms with Gasteiger partial charge in [0, 0.05) is 45.4 Å². The summed E-state index contributed by atoms with van der Waals surface area (Å²) in [6.07, 6.45) is 16.6. The maximum absolute atomic E-state index is 14.2. The highest BCUT2D eigenvalue weighted by Crippen LogP contribution is 2.37. The van der Waals surface area contributed by atoms with Crippen molar-refractivity contribution in [2.75, 3.05) is 20.8 Å². The van der Waals surface area contributed by atoms with Crippen LogP contribution in [0.1, 0.15) is 138 Å².